The quantitative estimate of drug-likeness (QED) is 0.637. The van der Waals surface area contributed by atoms with E-state index in [1.807, 2.05) is 0 Å². The number of carbonyl (C=O) groups is 2. The van der Waals surface area contributed by atoms with E-state index in [1.54, 1.807) is 42.5 Å². The van der Waals surface area contributed by atoms with E-state index in [-0.39, 0.29) is 11.3 Å². The molecule has 2 rings (SSSR count). The lowest BCUT2D eigenvalue weighted by Gasteiger charge is -2.09. The van der Waals surface area contributed by atoms with Crippen LogP contribution >= 0.6 is 15.9 Å². The van der Waals surface area contributed by atoms with Gasteiger partial charge in [0.25, 0.3) is 0 Å². The monoisotopic (exact) mass is 334 g/mol. The second kappa shape index (κ2) is 6.34. The SMILES string of the molecule is COC(=O)c1ccccc1OC(=O)c1ccccc1Br. The fraction of sp³-hybridized carbons (Fsp3) is 0.0667. The highest BCUT2D eigenvalue weighted by Gasteiger charge is 2.17. The van der Waals surface area contributed by atoms with Crippen molar-refractivity contribution in [3.8, 4) is 5.75 Å². The van der Waals surface area contributed by atoms with Crippen LogP contribution in [0.2, 0.25) is 0 Å². The predicted octanol–water partition coefficient (Wildman–Crippen LogP) is 3.45. The number of para-hydroxylation sites is 1. The third-order valence-corrected chi connectivity index (χ3v) is 3.28. The van der Waals surface area contributed by atoms with Crippen LogP contribution in [0.25, 0.3) is 0 Å². The minimum absolute atomic E-state index is 0.167. The lowest BCUT2D eigenvalue weighted by Crippen LogP contribution is -2.12. The average Bonchev–Trinajstić information content (AvgIpc) is 2.47. The first-order valence-electron chi connectivity index (χ1n) is 5.77. The maximum absolute atomic E-state index is 12.1. The van der Waals surface area contributed by atoms with Gasteiger partial charge in [0, 0.05) is 4.47 Å². The molecule has 0 N–H and O–H groups in total. The van der Waals surface area contributed by atoms with Crippen LogP contribution in [0.1, 0.15) is 20.7 Å². The first-order valence-corrected chi connectivity index (χ1v) is 6.57. The molecule has 0 aliphatic rings. The summed E-state index contributed by atoms with van der Waals surface area (Å²) in [5.41, 5.74) is 0.586. The van der Waals surface area contributed by atoms with Crippen LogP contribution in [-0.2, 0) is 4.74 Å². The molecule has 0 bridgehead atoms. The zero-order valence-electron chi connectivity index (χ0n) is 10.6. The van der Waals surface area contributed by atoms with Gasteiger partial charge < -0.3 is 9.47 Å². The molecule has 0 spiro atoms. The Morgan fingerprint density at radius 2 is 1.50 bits per heavy atom. The molecule has 0 fully saturated rings. The number of ether oxygens (including phenoxy) is 2. The van der Waals surface area contributed by atoms with Gasteiger partial charge in [0.1, 0.15) is 11.3 Å². The molecule has 0 atom stereocenters. The second-order valence-corrected chi connectivity index (χ2v) is 4.71. The van der Waals surface area contributed by atoms with Crippen LogP contribution in [0, 0.1) is 0 Å². The zero-order chi connectivity index (χ0) is 14.5. The van der Waals surface area contributed by atoms with E-state index in [9.17, 15) is 9.59 Å². The van der Waals surface area contributed by atoms with Gasteiger partial charge in [0.15, 0.2) is 0 Å². The summed E-state index contributed by atoms with van der Waals surface area (Å²) in [6.07, 6.45) is 0. The first kappa shape index (κ1) is 14.3. The van der Waals surface area contributed by atoms with Crippen LogP contribution in [0.4, 0.5) is 0 Å². The minimum atomic E-state index is -0.555. The van der Waals surface area contributed by atoms with Crippen molar-refractivity contribution in [2.45, 2.75) is 0 Å². The molecule has 0 amide bonds. The van der Waals surface area contributed by atoms with Gasteiger partial charge in [-0.1, -0.05) is 24.3 Å². The molecular weight excluding hydrogens is 324 g/mol. The Bertz CT molecular complexity index is 652. The maximum Gasteiger partial charge on any atom is 0.344 e. The number of hydrogen-bond acceptors (Lipinski definition) is 4. The van der Waals surface area contributed by atoms with Crippen molar-refractivity contribution >= 4 is 27.9 Å². The molecule has 0 saturated heterocycles. The van der Waals surface area contributed by atoms with Gasteiger partial charge in [-0.3, -0.25) is 0 Å². The van der Waals surface area contributed by atoms with Gasteiger partial charge in [-0.2, -0.15) is 0 Å². The summed E-state index contributed by atoms with van der Waals surface area (Å²) < 4.78 is 10.5. The van der Waals surface area contributed by atoms with Gasteiger partial charge in [-0.15, -0.1) is 0 Å². The Morgan fingerprint density at radius 3 is 2.15 bits per heavy atom. The van der Waals surface area contributed by atoms with E-state index in [4.69, 9.17) is 4.74 Å². The Labute approximate surface area is 124 Å². The van der Waals surface area contributed by atoms with E-state index < -0.39 is 11.9 Å². The van der Waals surface area contributed by atoms with Crippen molar-refractivity contribution in [1.29, 1.82) is 0 Å². The van der Waals surface area contributed by atoms with E-state index >= 15 is 0 Å². The van der Waals surface area contributed by atoms with Gasteiger partial charge in [0.2, 0.25) is 0 Å². The molecular formula is C15H11BrO4. The third kappa shape index (κ3) is 3.05. The molecule has 2 aromatic carbocycles. The van der Waals surface area contributed by atoms with Crippen molar-refractivity contribution < 1.29 is 19.1 Å². The van der Waals surface area contributed by atoms with E-state index in [0.717, 1.165) is 0 Å². The van der Waals surface area contributed by atoms with Crippen LogP contribution in [-0.4, -0.2) is 19.0 Å². The molecule has 0 aliphatic carbocycles. The molecule has 0 aliphatic heterocycles. The minimum Gasteiger partial charge on any atom is -0.465 e. The number of esters is 2. The van der Waals surface area contributed by atoms with Crippen molar-refractivity contribution in [2.24, 2.45) is 0 Å². The molecule has 0 saturated carbocycles. The van der Waals surface area contributed by atoms with Crippen molar-refractivity contribution in [1.82, 2.24) is 0 Å². The Balaban J connectivity index is 2.29. The highest BCUT2D eigenvalue weighted by Crippen LogP contribution is 2.22. The maximum atomic E-state index is 12.1. The molecule has 2 aromatic rings. The van der Waals surface area contributed by atoms with Crippen LogP contribution in [0.3, 0.4) is 0 Å². The summed E-state index contributed by atoms with van der Waals surface area (Å²) in [5, 5.41) is 0. The lowest BCUT2D eigenvalue weighted by atomic mass is 10.2. The first-order chi connectivity index (χ1) is 9.63. The average molecular weight is 335 g/mol. The van der Waals surface area contributed by atoms with Crippen LogP contribution in [0.5, 0.6) is 5.75 Å². The van der Waals surface area contributed by atoms with Crippen LogP contribution in [0.15, 0.2) is 53.0 Å². The highest BCUT2D eigenvalue weighted by atomic mass is 79.9. The van der Waals surface area contributed by atoms with Crippen molar-refractivity contribution in [3.05, 3.63) is 64.1 Å². The Hall–Kier alpha value is -2.14. The van der Waals surface area contributed by atoms with E-state index in [1.165, 1.54) is 13.2 Å². The largest absolute Gasteiger partial charge is 0.465 e. The predicted molar refractivity (Wildman–Crippen MR) is 76.9 cm³/mol. The fourth-order valence-corrected chi connectivity index (χ4v) is 2.06. The zero-order valence-corrected chi connectivity index (χ0v) is 12.2. The van der Waals surface area contributed by atoms with E-state index in [2.05, 4.69) is 20.7 Å². The summed E-state index contributed by atoms with van der Waals surface area (Å²) in [6.45, 7) is 0. The van der Waals surface area contributed by atoms with Gasteiger partial charge in [0.05, 0.1) is 12.7 Å². The lowest BCUT2D eigenvalue weighted by molar-refractivity contribution is 0.0593. The number of halogens is 1. The van der Waals surface area contributed by atoms with Gasteiger partial charge in [-0.05, 0) is 40.2 Å². The van der Waals surface area contributed by atoms with Gasteiger partial charge >= 0.3 is 11.9 Å². The highest BCUT2D eigenvalue weighted by molar-refractivity contribution is 9.10. The molecule has 20 heavy (non-hydrogen) atoms. The molecule has 5 heteroatoms. The molecule has 0 radical (unpaired) electrons. The number of hydrogen-bond donors (Lipinski definition) is 0. The van der Waals surface area contributed by atoms with Gasteiger partial charge in [-0.25, -0.2) is 9.59 Å². The summed E-state index contributed by atoms with van der Waals surface area (Å²) >= 11 is 3.28. The summed E-state index contributed by atoms with van der Waals surface area (Å²) in [6, 6.07) is 13.3. The van der Waals surface area contributed by atoms with Crippen LogP contribution < -0.4 is 4.74 Å². The summed E-state index contributed by atoms with van der Waals surface area (Å²) in [4.78, 5) is 23.7. The fourth-order valence-electron chi connectivity index (χ4n) is 1.62. The smallest absolute Gasteiger partial charge is 0.344 e. The third-order valence-electron chi connectivity index (χ3n) is 2.59. The molecule has 0 aromatic heterocycles. The standard InChI is InChI=1S/C15H11BrO4/c1-19-14(17)11-7-3-5-9-13(11)20-15(18)10-6-2-4-8-12(10)16/h2-9H,1H3. The number of methoxy groups -OCH3 is 1. The molecule has 0 unspecified atom stereocenters. The van der Waals surface area contributed by atoms with Crippen molar-refractivity contribution in [3.63, 3.8) is 0 Å². The molecule has 4 nitrogen and oxygen atoms in total. The van der Waals surface area contributed by atoms with Crippen molar-refractivity contribution in [2.75, 3.05) is 7.11 Å². The van der Waals surface area contributed by atoms with E-state index in [0.29, 0.717) is 10.0 Å². The Morgan fingerprint density at radius 1 is 0.900 bits per heavy atom. The second-order valence-electron chi connectivity index (χ2n) is 3.86. The molecule has 0 heterocycles. The summed E-state index contributed by atoms with van der Waals surface area (Å²) in [7, 11) is 1.27. The normalized spacial score (nSPS) is 9.90. The number of benzene rings is 2. The number of carbonyl (C=O) groups excluding carboxylic acids is 2. The topological polar surface area (TPSA) is 52.6 Å². The Kier molecular flexibility index (Phi) is 4.53. The number of rotatable bonds is 3. The molecule has 102 valence electrons. The summed E-state index contributed by atoms with van der Waals surface area (Å²) in [5.74, 6) is -0.936.